The Balaban J connectivity index is 0.000000291. The van der Waals surface area contributed by atoms with E-state index in [4.69, 9.17) is 22.1 Å². The van der Waals surface area contributed by atoms with E-state index in [1.807, 2.05) is 13.8 Å². The molecule has 2 aliphatic rings. The van der Waals surface area contributed by atoms with Gasteiger partial charge in [-0.05, 0) is 50.2 Å². The molecule has 2 aliphatic heterocycles. The van der Waals surface area contributed by atoms with Crippen molar-refractivity contribution < 1.29 is 18.3 Å². The summed E-state index contributed by atoms with van der Waals surface area (Å²) in [6, 6.07) is 12.3. The number of ether oxygens (including phenoxy) is 1. The Bertz CT molecular complexity index is 1240. The number of hydrogen-bond acceptors (Lipinski definition) is 5. The molecule has 3 aromatic rings. The van der Waals surface area contributed by atoms with Gasteiger partial charge in [-0.15, -0.1) is 0 Å². The van der Waals surface area contributed by atoms with Gasteiger partial charge >= 0.3 is 0 Å². The maximum absolute atomic E-state index is 13.7. The maximum Gasteiger partial charge on any atom is 0.261 e. The third-order valence-electron chi connectivity index (χ3n) is 5.70. The van der Waals surface area contributed by atoms with E-state index in [1.165, 1.54) is 35.4 Å². The Morgan fingerprint density at radius 1 is 1.15 bits per heavy atom. The van der Waals surface area contributed by atoms with Gasteiger partial charge in [-0.1, -0.05) is 29.3 Å². The molecule has 0 saturated heterocycles. The number of carbonyl (C=O) groups excluding carboxylic acids is 1. The van der Waals surface area contributed by atoms with Gasteiger partial charge in [-0.25, -0.2) is 13.8 Å². The molecule has 3 heterocycles. The molecule has 5 rings (SSSR count). The first-order valence-electron chi connectivity index (χ1n) is 10.6. The fraction of sp³-hybridized carbons (Fsp3) is 0.240. The van der Waals surface area contributed by atoms with Crippen molar-refractivity contribution in [2.24, 2.45) is 10.7 Å². The van der Waals surface area contributed by atoms with E-state index in [1.54, 1.807) is 31.3 Å². The van der Waals surface area contributed by atoms with Gasteiger partial charge in [0.05, 0.1) is 18.0 Å². The van der Waals surface area contributed by atoms with Crippen molar-refractivity contribution in [3.8, 4) is 17.0 Å². The summed E-state index contributed by atoms with van der Waals surface area (Å²) in [7, 11) is 1.59. The third-order valence-corrected chi connectivity index (χ3v) is 5.92. The highest BCUT2D eigenvalue weighted by Crippen LogP contribution is 2.46. The fourth-order valence-corrected chi connectivity index (χ4v) is 4.27. The van der Waals surface area contributed by atoms with Crippen LogP contribution in [0.15, 0.2) is 59.7 Å². The van der Waals surface area contributed by atoms with Crippen LogP contribution in [0.1, 0.15) is 24.5 Å². The minimum atomic E-state index is -1.15. The molecular weight excluding hydrogens is 462 g/mol. The van der Waals surface area contributed by atoms with Crippen LogP contribution >= 0.6 is 11.6 Å². The fourth-order valence-electron chi connectivity index (χ4n) is 4.05. The molecule has 1 spiro atoms. The molecule has 0 bridgehead atoms. The number of nitrogens with two attached hydrogens (primary N) is 1. The van der Waals surface area contributed by atoms with Crippen LogP contribution in [0.2, 0.25) is 5.02 Å². The number of hydrogen-bond donors (Lipinski definition) is 1. The molecule has 0 fully saturated rings. The van der Waals surface area contributed by atoms with Gasteiger partial charge in [0.25, 0.3) is 5.91 Å². The summed E-state index contributed by atoms with van der Waals surface area (Å²) in [5.41, 5.74) is 7.38. The van der Waals surface area contributed by atoms with Crippen LogP contribution in [0.3, 0.4) is 0 Å². The van der Waals surface area contributed by atoms with Crippen molar-refractivity contribution in [2.45, 2.75) is 31.9 Å². The van der Waals surface area contributed by atoms with E-state index >= 15 is 0 Å². The van der Waals surface area contributed by atoms with Gasteiger partial charge < -0.3 is 10.5 Å². The van der Waals surface area contributed by atoms with Crippen molar-refractivity contribution in [1.29, 1.82) is 0 Å². The Labute approximate surface area is 201 Å². The van der Waals surface area contributed by atoms with Gasteiger partial charge in [0, 0.05) is 29.6 Å². The number of carbonyl (C=O) groups is 1. The molecule has 0 saturated carbocycles. The van der Waals surface area contributed by atoms with Gasteiger partial charge in [0.1, 0.15) is 17.4 Å². The number of amides is 1. The van der Waals surface area contributed by atoms with E-state index in [2.05, 4.69) is 9.98 Å². The number of aryl methyl sites for hydroxylation is 1. The number of guanidine groups is 1. The number of nitrogens with zero attached hydrogens (tertiary/aromatic N) is 3. The lowest BCUT2D eigenvalue weighted by Gasteiger charge is -2.35. The van der Waals surface area contributed by atoms with Crippen molar-refractivity contribution in [2.75, 3.05) is 7.05 Å². The summed E-state index contributed by atoms with van der Waals surface area (Å²) >= 11 is 5.95. The van der Waals surface area contributed by atoms with Gasteiger partial charge in [-0.2, -0.15) is 0 Å². The molecule has 1 amide bonds. The zero-order valence-corrected chi connectivity index (χ0v) is 19.6. The molecule has 9 heteroatoms. The number of fused-ring (bicyclic) bond motifs is 2. The largest absolute Gasteiger partial charge is 0.489 e. The van der Waals surface area contributed by atoms with Crippen LogP contribution in [0, 0.1) is 18.6 Å². The summed E-state index contributed by atoms with van der Waals surface area (Å²) < 4.78 is 31.6. The first-order chi connectivity index (χ1) is 16.1. The van der Waals surface area contributed by atoms with E-state index in [9.17, 15) is 13.6 Å². The molecule has 2 aromatic carbocycles. The Kier molecular flexibility index (Phi) is 6.27. The molecule has 0 aliphatic carbocycles. The Morgan fingerprint density at radius 2 is 1.85 bits per heavy atom. The number of rotatable bonds is 1. The minimum Gasteiger partial charge on any atom is -0.489 e. The predicted octanol–water partition coefficient (Wildman–Crippen LogP) is 4.83. The molecule has 1 unspecified atom stereocenters. The van der Waals surface area contributed by atoms with Crippen LogP contribution in [0.5, 0.6) is 5.75 Å². The second kappa shape index (κ2) is 9.02. The summed E-state index contributed by atoms with van der Waals surface area (Å²) in [6.07, 6.45) is 1.65. The summed E-state index contributed by atoms with van der Waals surface area (Å²) in [4.78, 5) is 23.1. The minimum absolute atomic E-state index is 0.155. The summed E-state index contributed by atoms with van der Waals surface area (Å²) in [6.45, 7) is 3.79. The lowest BCUT2D eigenvalue weighted by atomic mass is 9.82. The Morgan fingerprint density at radius 3 is 2.44 bits per heavy atom. The summed E-state index contributed by atoms with van der Waals surface area (Å²) in [5.74, 6) is -0.237. The van der Waals surface area contributed by atoms with Crippen molar-refractivity contribution in [3.05, 3.63) is 82.5 Å². The van der Waals surface area contributed by atoms with Crippen molar-refractivity contribution in [1.82, 2.24) is 9.88 Å². The number of benzene rings is 2. The number of pyridine rings is 1. The zero-order chi connectivity index (χ0) is 24.6. The molecule has 1 aromatic heterocycles. The molecule has 2 N–H and O–H groups in total. The highest BCUT2D eigenvalue weighted by atomic mass is 35.5. The first kappa shape index (κ1) is 23.6. The topological polar surface area (TPSA) is 80.8 Å². The van der Waals surface area contributed by atoms with Crippen LogP contribution in [-0.4, -0.2) is 34.9 Å². The van der Waals surface area contributed by atoms with Crippen LogP contribution in [0.25, 0.3) is 11.3 Å². The normalized spacial score (nSPS) is 20.9. The van der Waals surface area contributed by atoms with E-state index in [0.29, 0.717) is 29.0 Å². The smallest absolute Gasteiger partial charge is 0.261 e. The number of halogens is 3. The third kappa shape index (κ3) is 4.46. The number of aromatic nitrogens is 1. The van der Waals surface area contributed by atoms with Crippen LogP contribution < -0.4 is 10.5 Å². The first-order valence-corrected chi connectivity index (χ1v) is 11.0. The van der Waals surface area contributed by atoms with Gasteiger partial charge in [0.2, 0.25) is 0 Å². The van der Waals surface area contributed by atoms with Crippen LogP contribution in [-0.2, 0) is 10.3 Å². The predicted molar refractivity (Wildman–Crippen MR) is 127 cm³/mol. The molecular formula is C25H23ClF2N4O2. The second-order valence-corrected chi connectivity index (χ2v) is 8.78. The lowest BCUT2D eigenvalue weighted by molar-refractivity contribution is -0.132. The lowest BCUT2D eigenvalue weighted by Crippen LogP contribution is -2.45. The van der Waals surface area contributed by atoms with Crippen LogP contribution in [0.4, 0.5) is 8.78 Å². The average molecular weight is 485 g/mol. The van der Waals surface area contributed by atoms with Gasteiger partial charge in [-0.3, -0.25) is 14.7 Å². The monoisotopic (exact) mass is 484 g/mol. The number of likely N-dealkylation sites (N-methyl/N-ethyl adjacent to an activating group) is 1. The molecule has 2 atom stereocenters. The quantitative estimate of drug-likeness (QED) is 0.536. The maximum atomic E-state index is 13.7. The molecule has 0 radical (unpaired) electrons. The highest BCUT2D eigenvalue weighted by Gasteiger charge is 2.53. The molecule has 6 nitrogen and oxygen atoms in total. The zero-order valence-electron chi connectivity index (χ0n) is 18.8. The molecule has 176 valence electrons. The highest BCUT2D eigenvalue weighted by molar-refractivity contribution is 6.30. The van der Waals surface area contributed by atoms with Crippen molar-refractivity contribution >= 4 is 23.5 Å². The second-order valence-electron chi connectivity index (χ2n) is 8.35. The van der Waals surface area contributed by atoms with Gasteiger partial charge in [0.15, 0.2) is 11.5 Å². The summed E-state index contributed by atoms with van der Waals surface area (Å²) in [5, 5.41) is 0.262. The Hall–Kier alpha value is -3.52. The van der Waals surface area contributed by atoms with E-state index in [-0.39, 0.29) is 28.8 Å². The standard InChI is InChI=1S/C18H16ClFN4O2.C7H7F/c1-9-7-18(16(25)24(2)17(21)23-18)13-6-14(22-8-15(13)26-9)10-3-11(19)5-12(20)4-10;1-6-2-4-7(8)5-3-6/h3-6,8-9H,7H2,1-2H3,(H2,21,23);2-5H,1H3/t9-,18?;/m1./s1. The number of aliphatic imine (C=N–C) groups is 1. The SMILES string of the molecule is C[C@@H]1CC2(N=C(N)N(C)C2=O)c2cc(-c3cc(F)cc(Cl)c3)ncc2O1.Cc1ccc(F)cc1. The van der Waals surface area contributed by atoms with Crippen molar-refractivity contribution in [3.63, 3.8) is 0 Å². The molecule has 34 heavy (non-hydrogen) atoms. The van der Waals surface area contributed by atoms with E-state index < -0.39 is 11.4 Å². The average Bonchev–Trinajstić information content (AvgIpc) is 2.99. The van der Waals surface area contributed by atoms with E-state index in [0.717, 1.165) is 5.56 Å².